The molecule has 3 aromatic rings. The molecule has 0 aliphatic rings. The Morgan fingerprint density at radius 2 is 1.69 bits per heavy atom. The molecule has 3 rings (SSSR count). The molecule has 0 heterocycles. The highest BCUT2D eigenvalue weighted by Gasteiger charge is 2.27. The minimum atomic E-state index is -3.95. The minimum Gasteiger partial charge on any atom is -0.496 e. The van der Waals surface area contributed by atoms with Crippen molar-refractivity contribution in [1.29, 1.82) is 0 Å². The predicted octanol–water partition coefficient (Wildman–Crippen LogP) is 4.09. The molecule has 0 fully saturated rings. The normalized spacial score (nSPS) is 12.2. The van der Waals surface area contributed by atoms with Gasteiger partial charge in [0, 0.05) is 5.69 Å². The molecule has 168 valence electrons. The smallest absolute Gasteiger partial charge is 0.242 e. The van der Waals surface area contributed by atoms with Crippen LogP contribution < -0.4 is 14.8 Å². The van der Waals surface area contributed by atoms with Gasteiger partial charge < -0.3 is 10.1 Å². The van der Waals surface area contributed by atoms with Gasteiger partial charge in [0.1, 0.15) is 11.8 Å². The van der Waals surface area contributed by atoms with Crippen LogP contribution in [0, 0.1) is 6.92 Å². The number of sulfonamides is 1. The Hall–Kier alpha value is -3.16. The van der Waals surface area contributed by atoms with Gasteiger partial charge in [-0.3, -0.25) is 4.79 Å². The highest BCUT2D eigenvalue weighted by Crippen LogP contribution is 2.22. The maximum absolute atomic E-state index is 13.2. The van der Waals surface area contributed by atoms with Crippen LogP contribution in [-0.4, -0.2) is 27.5 Å². The van der Waals surface area contributed by atoms with Gasteiger partial charge in [0.05, 0.1) is 12.0 Å². The molecule has 0 bridgehead atoms. The van der Waals surface area contributed by atoms with E-state index in [2.05, 4.69) is 10.0 Å². The van der Waals surface area contributed by atoms with Crippen LogP contribution in [0.5, 0.6) is 5.75 Å². The largest absolute Gasteiger partial charge is 0.496 e. The second-order valence-corrected chi connectivity index (χ2v) is 9.21. The van der Waals surface area contributed by atoms with Crippen LogP contribution in [0.4, 0.5) is 5.69 Å². The van der Waals surface area contributed by atoms with Crippen LogP contribution in [0.25, 0.3) is 0 Å². The van der Waals surface area contributed by atoms with Gasteiger partial charge in [0.15, 0.2) is 0 Å². The van der Waals surface area contributed by atoms with Crippen molar-refractivity contribution in [1.82, 2.24) is 4.72 Å². The molecule has 1 amide bonds. The molecule has 3 aromatic carbocycles. The third-order valence-corrected chi connectivity index (χ3v) is 6.70. The summed E-state index contributed by atoms with van der Waals surface area (Å²) in [7, 11) is -2.42. The van der Waals surface area contributed by atoms with Crippen LogP contribution in [0.1, 0.15) is 23.6 Å². The Labute approximate surface area is 189 Å². The molecule has 32 heavy (non-hydrogen) atoms. The van der Waals surface area contributed by atoms with Crippen molar-refractivity contribution in [2.45, 2.75) is 37.6 Å². The fraction of sp³-hybridized carbons (Fsp3) is 0.240. The first-order chi connectivity index (χ1) is 15.3. The van der Waals surface area contributed by atoms with Gasteiger partial charge in [-0.05, 0) is 60.7 Å². The standard InChI is InChI=1S/C25H28N2O4S/c1-4-20-12-8-9-13-22(20)26-25(28)23(17-19-10-6-5-7-11-19)27-32(29,30)21-14-15-24(31-3)18(2)16-21/h5-16,23,27H,4,17H2,1-3H3,(H,26,28)/t23-/m1/s1. The van der Waals surface area contributed by atoms with E-state index in [0.717, 1.165) is 17.5 Å². The predicted molar refractivity (Wildman–Crippen MR) is 126 cm³/mol. The van der Waals surface area contributed by atoms with E-state index in [-0.39, 0.29) is 11.3 Å². The number of amides is 1. The number of ether oxygens (including phenoxy) is 1. The molecule has 0 saturated heterocycles. The number of para-hydroxylation sites is 1. The molecule has 0 aliphatic carbocycles. The number of benzene rings is 3. The highest BCUT2D eigenvalue weighted by atomic mass is 32.2. The first-order valence-electron chi connectivity index (χ1n) is 10.4. The minimum absolute atomic E-state index is 0.0793. The van der Waals surface area contributed by atoms with Crippen molar-refractivity contribution in [3.63, 3.8) is 0 Å². The number of anilines is 1. The number of hydrogen-bond acceptors (Lipinski definition) is 4. The molecule has 0 spiro atoms. The maximum atomic E-state index is 13.2. The van der Waals surface area contributed by atoms with Crippen molar-refractivity contribution in [2.75, 3.05) is 12.4 Å². The van der Waals surface area contributed by atoms with Gasteiger partial charge in [-0.2, -0.15) is 4.72 Å². The van der Waals surface area contributed by atoms with Crippen molar-refractivity contribution in [2.24, 2.45) is 0 Å². The van der Waals surface area contributed by atoms with E-state index in [1.165, 1.54) is 19.2 Å². The lowest BCUT2D eigenvalue weighted by atomic mass is 10.1. The summed E-state index contributed by atoms with van der Waals surface area (Å²) in [5.74, 6) is 0.183. The monoisotopic (exact) mass is 452 g/mol. The Morgan fingerprint density at radius 1 is 1.00 bits per heavy atom. The van der Waals surface area contributed by atoms with Crippen LogP contribution in [0.15, 0.2) is 77.7 Å². The van der Waals surface area contributed by atoms with E-state index < -0.39 is 22.0 Å². The fourth-order valence-electron chi connectivity index (χ4n) is 3.48. The molecular formula is C25H28N2O4S. The van der Waals surface area contributed by atoms with Crippen molar-refractivity contribution < 1.29 is 17.9 Å². The zero-order valence-corrected chi connectivity index (χ0v) is 19.3. The molecule has 1 atom stereocenters. The SMILES string of the molecule is CCc1ccccc1NC(=O)[C@@H](Cc1ccccc1)NS(=O)(=O)c1ccc(OC)c(C)c1. The van der Waals surface area contributed by atoms with E-state index in [1.807, 2.05) is 61.5 Å². The van der Waals surface area contributed by atoms with Gasteiger partial charge in [-0.1, -0.05) is 55.5 Å². The van der Waals surface area contributed by atoms with Gasteiger partial charge in [0.25, 0.3) is 0 Å². The molecule has 0 radical (unpaired) electrons. The van der Waals surface area contributed by atoms with Crippen LogP contribution in [0.2, 0.25) is 0 Å². The Balaban J connectivity index is 1.90. The average molecular weight is 453 g/mol. The van der Waals surface area contributed by atoms with Crippen molar-refractivity contribution in [3.05, 3.63) is 89.5 Å². The number of carbonyl (C=O) groups is 1. The molecule has 0 aromatic heterocycles. The Kier molecular flexibility index (Phi) is 7.66. The lowest BCUT2D eigenvalue weighted by Gasteiger charge is -2.20. The number of carbonyl (C=O) groups excluding carboxylic acids is 1. The van der Waals surface area contributed by atoms with Gasteiger partial charge in [0.2, 0.25) is 15.9 Å². The van der Waals surface area contributed by atoms with Crippen LogP contribution >= 0.6 is 0 Å². The summed E-state index contributed by atoms with van der Waals surface area (Å²) < 4.78 is 34.1. The van der Waals surface area contributed by atoms with Crippen LogP contribution in [-0.2, 0) is 27.7 Å². The summed E-state index contributed by atoms with van der Waals surface area (Å²) in [4.78, 5) is 13.3. The molecule has 0 unspecified atom stereocenters. The summed E-state index contributed by atoms with van der Waals surface area (Å²) in [5, 5.41) is 2.90. The molecular weight excluding hydrogens is 424 g/mol. The first-order valence-corrected chi connectivity index (χ1v) is 11.9. The Morgan fingerprint density at radius 3 is 2.34 bits per heavy atom. The van der Waals surface area contributed by atoms with Gasteiger partial charge in [-0.25, -0.2) is 8.42 Å². The number of aryl methyl sites for hydroxylation is 2. The van der Waals surface area contributed by atoms with E-state index in [0.29, 0.717) is 17.0 Å². The average Bonchev–Trinajstić information content (AvgIpc) is 2.79. The lowest BCUT2D eigenvalue weighted by Crippen LogP contribution is -2.45. The molecule has 7 heteroatoms. The van der Waals surface area contributed by atoms with Crippen molar-refractivity contribution in [3.8, 4) is 5.75 Å². The molecule has 2 N–H and O–H groups in total. The molecule has 0 saturated carbocycles. The van der Waals surface area contributed by atoms with Crippen molar-refractivity contribution >= 4 is 21.6 Å². The number of hydrogen-bond donors (Lipinski definition) is 2. The highest BCUT2D eigenvalue weighted by molar-refractivity contribution is 7.89. The molecule has 0 aliphatic heterocycles. The van der Waals surface area contributed by atoms with Gasteiger partial charge >= 0.3 is 0 Å². The summed E-state index contributed by atoms with van der Waals surface area (Å²) in [6, 6.07) is 20.4. The first kappa shape index (κ1) is 23.5. The van der Waals surface area contributed by atoms with E-state index in [1.54, 1.807) is 13.0 Å². The number of rotatable bonds is 9. The Bertz CT molecular complexity index is 1180. The third-order valence-electron chi connectivity index (χ3n) is 5.23. The second-order valence-electron chi connectivity index (χ2n) is 7.49. The quantitative estimate of drug-likeness (QED) is 0.512. The second kappa shape index (κ2) is 10.4. The maximum Gasteiger partial charge on any atom is 0.242 e. The van der Waals surface area contributed by atoms with Gasteiger partial charge in [-0.15, -0.1) is 0 Å². The van der Waals surface area contributed by atoms with E-state index in [9.17, 15) is 13.2 Å². The summed E-state index contributed by atoms with van der Waals surface area (Å²) in [5.41, 5.74) is 3.20. The van der Waals surface area contributed by atoms with E-state index >= 15 is 0 Å². The number of nitrogens with one attached hydrogen (secondary N) is 2. The number of methoxy groups -OCH3 is 1. The van der Waals surface area contributed by atoms with Crippen LogP contribution in [0.3, 0.4) is 0 Å². The zero-order valence-electron chi connectivity index (χ0n) is 18.5. The fourth-order valence-corrected chi connectivity index (χ4v) is 4.76. The zero-order chi connectivity index (χ0) is 23.1. The van der Waals surface area contributed by atoms with E-state index in [4.69, 9.17) is 4.74 Å². The molecule has 6 nitrogen and oxygen atoms in total. The summed E-state index contributed by atoms with van der Waals surface area (Å²) in [6.45, 7) is 3.77. The lowest BCUT2D eigenvalue weighted by molar-refractivity contribution is -0.117. The summed E-state index contributed by atoms with van der Waals surface area (Å²) in [6.07, 6.45) is 0.964. The summed E-state index contributed by atoms with van der Waals surface area (Å²) >= 11 is 0. The topological polar surface area (TPSA) is 84.5 Å². The third kappa shape index (κ3) is 5.75.